The second-order valence-electron chi connectivity index (χ2n) is 3.53. The molecule has 2 rings (SSSR count). The summed E-state index contributed by atoms with van der Waals surface area (Å²) in [6.45, 7) is 0. The molecule has 0 amide bonds. The largest absolute Gasteiger partial charge is 0.495 e. The molecular weight excluding hydrogens is 280 g/mol. The molecule has 17 heavy (non-hydrogen) atoms. The van der Waals surface area contributed by atoms with Crippen molar-refractivity contribution in [1.29, 1.82) is 0 Å². The maximum Gasteiger partial charge on any atom is 0.150 e. The van der Waals surface area contributed by atoms with Crippen LogP contribution in [-0.2, 0) is 0 Å². The molecule has 0 bridgehead atoms. The third-order valence-electron chi connectivity index (χ3n) is 2.55. The van der Waals surface area contributed by atoms with E-state index in [1.165, 1.54) is 0 Å². The lowest BCUT2D eigenvalue weighted by molar-refractivity contribution is 0.112. The number of aldehydes is 1. The average molecular weight is 291 g/mol. The first-order valence-electron chi connectivity index (χ1n) is 5.15. The number of para-hydroxylation sites is 1. The third-order valence-corrected chi connectivity index (χ3v) is 3.17. The number of ether oxygens (including phenoxy) is 1. The van der Waals surface area contributed by atoms with Gasteiger partial charge in [0.05, 0.1) is 11.6 Å². The van der Waals surface area contributed by atoms with Crippen molar-refractivity contribution in [1.82, 2.24) is 0 Å². The van der Waals surface area contributed by atoms with E-state index in [1.54, 1.807) is 13.2 Å². The van der Waals surface area contributed by atoms with Crippen LogP contribution in [0.1, 0.15) is 10.4 Å². The van der Waals surface area contributed by atoms with Gasteiger partial charge in [0.1, 0.15) is 5.75 Å². The van der Waals surface area contributed by atoms with Crippen molar-refractivity contribution < 1.29 is 9.53 Å². The Morgan fingerprint density at radius 3 is 2.47 bits per heavy atom. The van der Waals surface area contributed by atoms with Crippen molar-refractivity contribution in [2.75, 3.05) is 7.11 Å². The Hall–Kier alpha value is -1.61. The molecule has 2 nitrogen and oxygen atoms in total. The topological polar surface area (TPSA) is 26.3 Å². The highest BCUT2D eigenvalue weighted by Crippen LogP contribution is 2.37. The molecule has 0 aliphatic rings. The highest BCUT2D eigenvalue weighted by atomic mass is 79.9. The van der Waals surface area contributed by atoms with E-state index in [0.717, 1.165) is 27.6 Å². The van der Waals surface area contributed by atoms with Crippen molar-refractivity contribution in [3.8, 4) is 16.9 Å². The zero-order valence-corrected chi connectivity index (χ0v) is 10.9. The van der Waals surface area contributed by atoms with E-state index < -0.39 is 0 Å². The van der Waals surface area contributed by atoms with Crippen molar-refractivity contribution >= 4 is 22.2 Å². The van der Waals surface area contributed by atoms with E-state index in [2.05, 4.69) is 15.9 Å². The van der Waals surface area contributed by atoms with Crippen LogP contribution in [0.3, 0.4) is 0 Å². The molecule has 0 unspecified atom stereocenters. The Bertz CT molecular complexity index is 550. The predicted octanol–water partition coefficient (Wildman–Crippen LogP) is 3.94. The molecule has 0 saturated heterocycles. The molecule has 0 aliphatic heterocycles. The fourth-order valence-corrected chi connectivity index (χ4v) is 2.30. The summed E-state index contributed by atoms with van der Waals surface area (Å²) in [5, 5.41) is 0. The van der Waals surface area contributed by atoms with Crippen LogP contribution in [-0.4, -0.2) is 13.4 Å². The van der Waals surface area contributed by atoms with E-state index in [9.17, 15) is 4.79 Å². The molecule has 86 valence electrons. The summed E-state index contributed by atoms with van der Waals surface area (Å²) >= 11 is 3.44. The van der Waals surface area contributed by atoms with Gasteiger partial charge >= 0.3 is 0 Å². The fraction of sp³-hybridized carbons (Fsp3) is 0.0714. The Morgan fingerprint density at radius 1 is 1.06 bits per heavy atom. The zero-order valence-electron chi connectivity index (χ0n) is 9.31. The number of rotatable bonds is 3. The smallest absolute Gasteiger partial charge is 0.150 e. The molecule has 0 saturated carbocycles. The highest BCUT2D eigenvalue weighted by molar-refractivity contribution is 9.10. The predicted molar refractivity (Wildman–Crippen MR) is 71.5 cm³/mol. The second kappa shape index (κ2) is 5.15. The molecule has 2 aromatic rings. The molecule has 0 aliphatic carbocycles. The van der Waals surface area contributed by atoms with E-state index >= 15 is 0 Å². The van der Waals surface area contributed by atoms with Crippen LogP contribution in [0.5, 0.6) is 5.75 Å². The van der Waals surface area contributed by atoms with E-state index in [0.29, 0.717) is 5.56 Å². The molecule has 0 N–H and O–H groups in total. The van der Waals surface area contributed by atoms with E-state index in [-0.39, 0.29) is 0 Å². The molecule has 0 spiro atoms. The first-order chi connectivity index (χ1) is 8.27. The maximum atomic E-state index is 11.0. The van der Waals surface area contributed by atoms with Gasteiger partial charge in [-0.3, -0.25) is 4.79 Å². The quantitative estimate of drug-likeness (QED) is 0.801. The van der Waals surface area contributed by atoms with Gasteiger partial charge in [0, 0.05) is 11.1 Å². The molecule has 2 aromatic carbocycles. The zero-order chi connectivity index (χ0) is 12.3. The third kappa shape index (κ3) is 2.24. The first kappa shape index (κ1) is 11.9. The monoisotopic (exact) mass is 290 g/mol. The molecule has 3 heteroatoms. The fourth-order valence-electron chi connectivity index (χ4n) is 1.77. The van der Waals surface area contributed by atoms with Crippen molar-refractivity contribution in [3.05, 3.63) is 52.5 Å². The van der Waals surface area contributed by atoms with Gasteiger partial charge < -0.3 is 4.74 Å². The molecule has 0 heterocycles. The van der Waals surface area contributed by atoms with Crippen LogP contribution in [0.2, 0.25) is 0 Å². The molecule has 0 radical (unpaired) electrons. The number of carbonyl (C=O) groups is 1. The standard InChI is InChI=1S/C14H11BrO2/c1-17-14-12(7-4-8-13(14)15)11-6-3-2-5-10(11)9-16/h2-9H,1H3. The summed E-state index contributed by atoms with van der Waals surface area (Å²) < 4.78 is 6.24. The van der Waals surface area contributed by atoms with Crippen LogP contribution >= 0.6 is 15.9 Å². The van der Waals surface area contributed by atoms with Gasteiger partial charge in [-0.1, -0.05) is 36.4 Å². The number of hydrogen-bond donors (Lipinski definition) is 0. The Morgan fingerprint density at radius 2 is 1.76 bits per heavy atom. The normalized spacial score (nSPS) is 10.0. The average Bonchev–Trinajstić information content (AvgIpc) is 2.38. The Labute approximate surface area is 108 Å². The number of halogens is 1. The van der Waals surface area contributed by atoms with Crippen LogP contribution in [0.25, 0.3) is 11.1 Å². The van der Waals surface area contributed by atoms with Gasteiger partial charge in [-0.2, -0.15) is 0 Å². The van der Waals surface area contributed by atoms with Gasteiger partial charge in [-0.05, 0) is 27.6 Å². The summed E-state index contributed by atoms with van der Waals surface area (Å²) in [7, 11) is 1.62. The van der Waals surface area contributed by atoms with Crippen LogP contribution in [0.4, 0.5) is 0 Å². The number of carbonyl (C=O) groups excluding carboxylic acids is 1. The Kier molecular flexibility index (Phi) is 3.59. The SMILES string of the molecule is COc1c(Br)cccc1-c1ccccc1C=O. The molecule has 0 fully saturated rings. The van der Waals surface area contributed by atoms with Crippen molar-refractivity contribution in [2.24, 2.45) is 0 Å². The lowest BCUT2D eigenvalue weighted by Crippen LogP contribution is -1.92. The van der Waals surface area contributed by atoms with E-state index in [4.69, 9.17) is 4.74 Å². The van der Waals surface area contributed by atoms with Gasteiger partial charge in [-0.15, -0.1) is 0 Å². The van der Waals surface area contributed by atoms with Gasteiger partial charge in [0.2, 0.25) is 0 Å². The number of hydrogen-bond acceptors (Lipinski definition) is 2. The van der Waals surface area contributed by atoms with Gasteiger partial charge in [-0.25, -0.2) is 0 Å². The summed E-state index contributed by atoms with van der Waals surface area (Å²) in [5.74, 6) is 0.738. The second-order valence-corrected chi connectivity index (χ2v) is 4.38. The summed E-state index contributed by atoms with van der Waals surface area (Å²) in [4.78, 5) is 11.0. The maximum absolute atomic E-state index is 11.0. The lowest BCUT2D eigenvalue weighted by atomic mass is 10.00. The van der Waals surface area contributed by atoms with Crippen molar-refractivity contribution in [3.63, 3.8) is 0 Å². The summed E-state index contributed by atoms with van der Waals surface area (Å²) in [5.41, 5.74) is 2.44. The molecule has 0 aromatic heterocycles. The highest BCUT2D eigenvalue weighted by Gasteiger charge is 2.11. The van der Waals surface area contributed by atoms with Crippen LogP contribution in [0, 0.1) is 0 Å². The number of methoxy groups -OCH3 is 1. The Balaban J connectivity index is 2.68. The van der Waals surface area contributed by atoms with Gasteiger partial charge in [0.25, 0.3) is 0 Å². The minimum atomic E-state index is 0.656. The van der Waals surface area contributed by atoms with Gasteiger partial charge in [0.15, 0.2) is 6.29 Å². The first-order valence-corrected chi connectivity index (χ1v) is 5.94. The summed E-state index contributed by atoms with van der Waals surface area (Å²) in [6, 6.07) is 13.2. The van der Waals surface area contributed by atoms with Crippen LogP contribution < -0.4 is 4.74 Å². The number of benzene rings is 2. The van der Waals surface area contributed by atoms with E-state index in [1.807, 2.05) is 36.4 Å². The molecule has 0 atom stereocenters. The van der Waals surface area contributed by atoms with Crippen molar-refractivity contribution in [2.45, 2.75) is 0 Å². The molecular formula is C14H11BrO2. The minimum Gasteiger partial charge on any atom is -0.495 e. The summed E-state index contributed by atoms with van der Waals surface area (Å²) in [6.07, 6.45) is 0.857. The lowest BCUT2D eigenvalue weighted by Gasteiger charge is -2.11. The minimum absolute atomic E-state index is 0.656. The van der Waals surface area contributed by atoms with Crippen LogP contribution in [0.15, 0.2) is 46.9 Å².